The van der Waals surface area contributed by atoms with E-state index in [0.29, 0.717) is 37.0 Å². The van der Waals surface area contributed by atoms with Crippen LogP contribution < -0.4 is 19.1 Å². The second-order valence-electron chi connectivity index (χ2n) is 10.5. The molecule has 1 aromatic heterocycles. The molecule has 7 nitrogen and oxygen atoms in total. The number of fused-ring (bicyclic) bond motifs is 1. The fourth-order valence-electron chi connectivity index (χ4n) is 5.41. The highest BCUT2D eigenvalue weighted by atomic mass is 16.5. The van der Waals surface area contributed by atoms with E-state index in [1.54, 1.807) is 19.1 Å². The Morgan fingerprint density at radius 2 is 1.82 bits per heavy atom. The van der Waals surface area contributed by atoms with E-state index >= 15 is 0 Å². The molecule has 0 spiro atoms. The Morgan fingerprint density at radius 3 is 2.59 bits per heavy atom. The van der Waals surface area contributed by atoms with Crippen molar-refractivity contribution in [2.24, 2.45) is 0 Å². The molecule has 39 heavy (non-hydrogen) atoms. The number of hydrogen-bond donors (Lipinski definition) is 0. The SMILES string of the molecule is COc1ccc(OC)c(N2CC(c3nc4ccccc4n3CCCOc3cc(C)ccc3C(C)C)CC2=O)c1. The Bertz CT molecular complexity index is 1480. The fourth-order valence-corrected chi connectivity index (χ4v) is 5.41. The highest BCUT2D eigenvalue weighted by Gasteiger charge is 2.36. The van der Waals surface area contributed by atoms with E-state index in [0.717, 1.165) is 41.3 Å². The zero-order chi connectivity index (χ0) is 27.5. The van der Waals surface area contributed by atoms with Crippen LogP contribution in [0.5, 0.6) is 17.2 Å². The maximum absolute atomic E-state index is 13.3. The van der Waals surface area contributed by atoms with Crippen molar-refractivity contribution in [1.29, 1.82) is 0 Å². The van der Waals surface area contributed by atoms with Crippen molar-refractivity contribution in [3.8, 4) is 17.2 Å². The molecule has 4 aromatic rings. The number of amides is 1. The maximum atomic E-state index is 13.3. The second kappa shape index (κ2) is 11.4. The summed E-state index contributed by atoms with van der Waals surface area (Å²) >= 11 is 0. The van der Waals surface area contributed by atoms with Crippen LogP contribution in [-0.4, -0.2) is 42.8 Å². The maximum Gasteiger partial charge on any atom is 0.227 e. The molecule has 1 atom stereocenters. The van der Waals surface area contributed by atoms with Crippen molar-refractivity contribution >= 4 is 22.6 Å². The monoisotopic (exact) mass is 527 g/mol. The van der Waals surface area contributed by atoms with Gasteiger partial charge in [0.25, 0.3) is 0 Å². The summed E-state index contributed by atoms with van der Waals surface area (Å²) in [5.74, 6) is 3.64. The van der Waals surface area contributed by atoms with Gasteiger partial charge < -0.3 is 23.7 Å². The van der Waals surface area contributed by atoms with E-state index in [9.17, 15) is 4.79 Å². The molecule has 2 heterocycles. The Kier molecular flexibility index (Phi) is 7.77. The van der Waals surface area contributed by atoms with Gasteiger partial charge in [0.1, 0.15) is 23.1 Å². The number of ether oxygens (including phenoxy) is 3. The average molecular weight is 528 g/mol. The van der Waals surface area contributed by atoms with E-state index < -0.39 is 0 Å². The number of benzene rings is 3. The van der Waals surface area contributed by atoms with Gasteiger partial charge >= 0.3 is 0 Å². The average Bonchev–Trinajstić information content (AvgIpc) is 3.50. The third-order valence-electron chi connectivity index (χ3n) is 7.43. The number of para-hydroxylation sites is 2. The molecule has 0 bridgehead atoms. The Balaban J connectivity index is 1.37. The number of nitrogens with zero attached hydrogens (tertiary/aromatic N) is 3. The Morgan fingerprint density at radius 1 is 1.00 bits per heavy atom. The van der Waals surface area contributed by atoms with Crippen LogP contribution in [0.3, 0.4) is 0 Å². The summed E-state index contributed by atoms with van der Waals surface area (Å²) < 4.78 is 19.5. The van der Waals surface area contributed by atoms with Crippen LogP contribution >= 0.6 is 0 Å². The van der Waals surface area contributed by atoms with Crippen LogP contribution in [0, 0.1) is 6.92 Å². The number of carbonyl (C=O) groups excluding carboxylic acids is 1. The number of methoxy groups -OCH3 is 2. The van der Waals surface area contributed by atoms with E-state index in [2.05, 4.69) is 49.6 Å². The molecule has 1 fully saturated rings. The molecule has 1 saturated heterocycles. The van der Waals surface area contributed by atoms with E-state index in [1.165, 1.54) is 11.1 Å². The topological polar surface area (TPSA) is 65.8 Å². The minimum absolute atomic E-state index is 0.0361. The molecular formula is C32H37N3O4. The van der Waals surface area contributed by atoms with Gasteiger partial charge in [-0.1, -0.05) is 38.1 Å². The van der Waals surface area contributed by atoms with Gasteiger partial charge in [-0.15, -0.1) is 0 Å². The highest BCUT2D eigenvalue weighted by molar-refractivity contribution is 5.98. The minimum atomic E-state index is -0.0361. The summed E-state index contributed by atoms with van der Waals surface area (Å²) in [6.07, 6.45) is 1.22. The number of aryl methyl sites for hydroxylation is 2. The molecule has 3 aromatic carbocycles. The number of imidazole rings is 1. The van der Waals surface area contributed by atoms with Gasteiger partial charge in [-0.3, -0.25) is 4.79 Å². The molecule has 204 valence electrons. The van der Waals surface area contributed by atoms with Gasteiger partial charge in [0.05, 0.1) is 37.5 Å². The smallest absolute Gasteiger partial charge is 0.227 e. The molecule has 1 unspecified atom stereocenters. The molecular weight excluding hydrogens is 490 g/mol. The second-order valence-corrected chi connectivity index (χ2v) is 10.5. The number of carbonyl (C=O) groups is 1. The molecule has 0 N–H and O–H groups in total. The summed E-state index contributed by atoms with van der Waals surface area (Å²) in [5.41, 5.74) is 5.17. The van der Waals surface area contributed by atoms with Crippen LogP contribution in [0.2, 0.25) is 0 Å². The predicted octanol–water partition coefficient (Wildman–Crippen LogP) is 6.47. The van der Waals surface area contributed by atoms with Gasteiger partial charge in [0.2, 0.25) is 5.91 Å². The lowest BCUT2D eigenvalue weighted by molar-refractivity contribution is -0.117. The predicted molar refractivity (Wildman–Crippen MR) is 154 cm³/mol. The lowest BCUT2D eigenvalue weighted by Crippen LogP contribution is -2.25. The van der Waals surface area contributed by atoms with E-state index in [1.807, 2.05) is 36.4 Å². The third kappa shape index (κ3) is 5.44. The van der Waals surface area contributed by atoms with Gasteiger partial charge in [-0.25, -0.2) is 4.98 Å². The first-order chi connectivity index (χ1) is 18.9. The molecule has 1 aliphatic heterocycles. The van der Waals surface area contributed by atoms with Crippen molar-refractivity contribution in [2.45, 2.75) is 52.0 Å². The molecule has 7 heteroatoms. The van der Waals surface area contributed by atoms with E-state index in [-0.39, 0.29) is 11.8 Å². The number of hydrogen-bond acceptors (Lipinski definition) is 5. The minimum Gasteiger partial charge on any atom is -0.497 e. The van der Waals surface area contributed by atoms with Crippen molar-refractivity contribution in [3.05, 3.63) is 77.6 Å². The van der Waals surface area contributed by atoms with Crippen LogP contribution in [0.1, 0.15) is 55.5 Å². The molecule has 0 aliphatic carbocycles. The summed E-state index contributed by atoms with van der Waals surface area (Å²) in [7, 11) is 3.24. The first-order valence-corrected chi connectivity index (χ1v) is 13.6. The molecule has 0 saturated carbocycles. The lowest BCUT2D eigenvalue weighted by Gasteiger charge is -2.20. The largest absolute Gasteiger partial charge is 0.497 e. The van der Waals surface area contributed by atoms with Crippen LogP contribution in [0.25, 0.3) is 11.0 Å². The van der Waals surface area contributed by atoms with E-state index in [4.69, 9.17) is 19.2 Å². The standard InChI is InChI=1S/C32H37N3O4/c1-21(2)25-13-11-22(3)17-30(25)39-16-8-15-34-27-10-7-6-9-26(27)33-32(34)23-18-31(36)35(20-23)28-19-24(37-4)12-14-29(28)38-5/h6-7,9-14,17,19,21,23H,8,15-16,18,20H2,1-5H3. The van der Waals surface area contributed by atoms with Crippen molar-refractivity contribution in [1.82, 2.24) is 9.55 Å². The Labute approximate surface area is 230 Å². The fraction of sp³-hybridized carbons (Fsp3) is 0.375. The van der Waals surface area contributed by atoms with Crippen molar-refractivity contribution < 1.29 is 19.0 Å². The highest BCUT2D eigenvalue weighted by Crippen LogP contribution is 2.39. The Hall–Kier alpha value is -4.00. The van der Waals surface area contributed by atoms with Crippen molar-refractivity contribution in [3.63, 3.8) is 0 Å². The van der Waals surface area contributed by atoms with Gasteiger partial charge in [-0.05, 0) is 60.7 Å². The number of aromatic nitrogens is 2. The summed E-state index contributed by atoms with van der Waals surface area (Å²) in [4.78, 5) is 20.1. The zero-order valence-electron chi connectivity index (χ0n) is 23.4. The van der Waals surface area contributed by atoms with Crippen LogP contribution in [-0.2, 0) is 11.3 Å². The quantitative estimate of drug-likeness (QED) is 0.221. The van der Waals surface area contributed by atoms with Gasteiger partial charge in [0, 0.05) is 31.5 Å². The third-order valence-corrected chi connectivity index (χ3v) is 7.43. The summed E-state index contributed by atoms with van der Waals surface area (Å²) in [6, 6.07) is 20.1. The number of anilines is 1. The van der Waals surface area contributed by atoms with Crippen LogP contribution in [0.15, 0.2) is 60.7 Å². The normalized spacial score (nSPS) is 15.4. The first-order valence-electron chi connectivity index (χ1n) is 13.6. The first kappa shape index (κ1) is 26.6. The zero-order valence-corrected chi connectivity index (χ0v) is 23.4. The molecule has 1 aliphatic rings. The van der Waals surface area contributed by atoms with Crippen LogP contribution in [0.4, 0.5) is 5.69 Å². The van der Waals surface area contributed by atoms with Gasteiger partial charge in [0.15, 0.2) is 0 Å². The molecule has 5 rings (SSSR count). The van der Waals surface area contributed by atoms with Crippen molar-refractivity contribution in [2.75, 3.05) is 32.3 Å². The molecule has 1 amide bonds. The van der Waals surface area contributed by atoms with Gasteiger partial charge in [-0.2, -0.15) is 0 Å². The summed E-state index contributed by atoms with van der Waals surface area (Å²) in [5, 5.41) is 0. The molecule has 0 radical (unpaired) electrons. The summed E-state index contributed by atoms with van der Waals surface area (Å²) in [6.45, 7) is 8.36. The number of rotatable bonds is 10. The lowest BCUT2D eigenvalue weighted by atomic mass is 10.0.